The second-order valence-corrected chi connectivity index (χ2v) is 8.29. The van der Waals surface area contributed by atoms with Crippen LogP contribution in [-0.2, 0) is 10.1 Å². The van der Waals surface area contributed by atoms with Gasteiger partial charge in [0, 0.05) is 17.7 Å². The number of amides is 1. The van der Waals surface area contributed by atoms with Gasteiger partial charge in [-0.2, -0.15) is 8.42 Å². The van der Waals surface area contributed by atoms with Gasteiger partial charge in [-0.15, -0.1) is 0 Å². The summed E-state index contributed by atoms with van der Waals surface area (Å²) in [4.78, 5) is 20.6. The maximum Gasteiger partial charge on any atom is 0.294 e. The van der Waals surface area contributed by atoms with Crippen molar-refractivity contribution in [1.82, 2.24) is 5.32 Å². The molecule has 0 radical (unpaired) electrons. The van der Waals surface area contributed by atoms with Gasteiger partial charge in [-0.25, -0.2) is 0 Å². The zero-order valence-corrected chi connectivity index (χ0v) is 16.7. The van der Waals surface area contributed by atoms with Crippen LogP contribution in [0.25, 0.3) is 0 Å². The number of likely N-dealkylation sites (N-methyl/N-ethyl adjacent to an activating group) is 1. The number of nitro benzene ring substituents is 1. The molecule has 152 valence electrons. The van der Waals surface area contributed by atoms with Crippen molar-refractivity contribution < 1.29 is 27.2 Å². The van der Waals surface area contributed by atoms with Crippen molar-refractivity contribution in [2.75, 3.05) is 34.2 Å². The maximum atomic E-state index is 11.6. The molecule has 0 aliphatic carbocycles. The molecule has 0 atom stereocenters. The lowest BCUT2D eigenvalue weighted by Crippen LogP contribution is -2.41. The van der Waals surface area contributed by atoms with E-state index in [1.54, 1.807) is 0 Å². The minimum atomic E-state index is -4.36. The lowest BCUT2D eigenvalue weighted by molar-refractivity contribution is -0.869. The minimum Gasteiger partial charge on any atom is -0.346 e. The Bertz CT molecular complexity index is 908. The van der Waals surface area contributed by atoms with Gasteiger partial charge in [0.15, 0.2) is 0 Å². The van der Waals surface area contributed by atoms with Gasteiger partial charge in [-0.05, 0) is 18.2 Å². The number of nitrogens with one attached hydrogen (secondary N) is 1. The smallest absolute Gasteiger partial charge is 0.294 e. The number of hydrogen-bond acceptors (Lipinski definition) is 5. The first-order valence-corrected chi connectivity index (χ1v) is 9.70. The summed E-state index contributed by atoms with van der Waals surface area (Å²) < 4.78 is 30.5. The summed E-state index contributed by atoms with van der Waals surface area (Å²) in [6.45, 7) is 1.63. The van der Waals surface area contributed by atoms with Crippen LogP contribution in [0.4, 0.5) is 5.69 Å². The molecular weight excluding hydrogens is 386 g/mol. The number of rotatable bonds is 6. The van der Waals surface area contributed by atoms with Crippen LogP contribution in [0.3, 0.4) is 0 Å². The van der Waals surface area contributed by atoms with Crippen molar-refractivity contribution in [3.63, 3.8) is 0 Å². The van der Waals surface area contributed by atoms with E-state index >= 15 is 0 Å². The number of carbonyl (C=O) groups excluding carboxylic acids is 1. The molecular formula is C18H24N3O6S+. The van der Waals surface area contributed by atoms with Crippen LogP contribution in [-0.4, -0.2) is 62.5 Å². The highest BCUT2D eigenvalue weighted by atomic mass is 32.2. The van der Waals surface area contributed by atoms with Crippen molar-refractivity contribution in [2.24, 2.45) is 0 Å². The molecule has 0 saturated carbocycles. The molecule has 2 N–H and O–H groups in total. The van der Waals surface area contributed by atoms with Gasteiger partial charge in [0.2, 0.25) is 0 Å². The first-order valence-electron chi connectivity index (χ1n) is 8.26. The molecule has 2 aromatic rings. The van der Waals surface area contributed by atoms with Crippen molar-refractivity contribution in [3.05, 3.63) is 70.3 Å². The van der Waals surface area contributed by atoms with Crippen molar-refractivity contribution in [1.29, 1.82) is 0 Å². The topological polar surface area (TPSA) is 127 Å². The first kappa shape index (κ1) is 23.2. The number of nitro groups is 1. The second-order valence-electron chi connectivity index (χ2n) is 6.87. The standard InChI is InChI=1S/C12H18N2O.C6H5NO5S/c1-14(2,3)10-9-13-12(15)11-7-5-4-6-8-11;8-7(9)5-2-1-3-6(4-5)13(10,11)12/h4-8H,9-10H2,1-3H3;1-4H,(H,10,11,12)/p+1. The molecule has 0 fully saturated rings. The molecule has 0 unspecified atom stereocenters. The largest absolute Gasteiger partial charge is 0.346 e. The highest BCUT2D eigenvalue weighted by Crippen LogP contribution is 2.16. The number of non-ortho nitro benzene ring substituents is 1. The van der Waals surface area contributed by atoms with E-state index in [9.17, 15) is 23.3 Å². The van der Waals surface area contributed by atoms with Crippen LogP contribution < -0.4 is 5.32 Å². The summed E-state index contributed by atoms with van der Waals surface area (Å²) in [5.74, 6) is 0.00375. The van der Waals surface area contributed by atoms with Crippen LogP contribution in [0, 0.1) is 10.1 Å². The Morgan fingerprint density at radius 2 is 1.71 bits per heavy atom. The van der Waals surface area contributed by atoms with Gasteiger partial charge in [0.25, 0.3) is 21.7 Å². The maximum absolute atomic E-state index is 11.6. The zero-order chi connectivity index (χ0) is 21.4. The van der Waals surface area contributed by atoms with E-state index in [-0.39, 0.29) is 11.6 Å². The molecule has 1 amide bonds. The third-order valence-corrected chi connectivity index (χ3v) is 4.28. The van der Waals surface area contributed by atoms with Crippen LogP contribution >= 0.6 is 0 Å². The monoisotopic (exact) mass is 410 g/mol. The van der Waals surface area contributed by atoms with Crippen molar-refractivity contribution >= 4 is 21.7 Å². The number of nitrogens with zero attached hydrogens (tertiary/aromatic N) is 2. The molecule has 0 aromatic heterocycles. The van der Waals surface area contributed by atoms with E-state index in [1.165, 1.54) is 6.07 Å². The zero-order valence-electron chi connectivity index (χ0n) is 15.9. The fourth-order valence-electron chi connectivity index (χ4n) is 1.95. The highest BCUT2D eigenvalue weighted by Gasteiger charge is 2.13. The lowest BCUT2D eigenvalue weighted by atomic mass is 10.2. The number of quaternary nitrogens is 1. The molecule has 0 spiro atoms. The minimum absolute atomic E-state index is 0.00375. The van der Waals surface area contributed by atoms with E-state index in [2.05, 4.69) is 26.5 Å². The molecule has 10 heteroatoms. The molecule has 2 aromatic carbocycles. The molecule has 0 bridgehead atoms. The van der Waals surface area contributed by atoms with Crippen LogP contribution in [0.2, 0.25) is 0 Å². The Morgan fingerprint density at radius 1 is 1.11 bits per heavy atom. The second kappa shape index (κ2) is 9.93. The first-order chi connectivity index (χ1) is 12.9. The summed E-state index contributed by atoms with van der Waals surface area (Å²) in [6.07, 6.45) is 0. The van der Waals surface area contributed by atoms with Crippen LogP contribution in [0.5, 0.6) is 0 Å². The summed E-state index contributed by atoms with van der Waals surface area (Å²) in [5.41, 5.74) is 0.342. The molecule has 0 aliphatic heterocycles. The summed E-state index contributed by atoms with van der Waals surface area (Å²) in [5, 5.41) is 13.1. The predicted molar refractivity (Wildman–Crippen MR) is 105 cm³/mol. The van der Waals surface area contributed by atoms with E-state index in [0.717, 1.165) is 34.8 Å². The predicted octanol–water partition coefficient (Wildman–Crippen LogP) is 1.96. The fourth-order valence-corrected chi connectivity index (χ4v) is 2.47. The third kappa shape index (κ3) is 8.71. The van der Waals surface area contributed by atoms with Crippen LogP contribution in [0.1, 0.15) is 10.4 Å². The van der Waals surface area contributed by atoms with E-state index in [4.69, 9.17) is 4.55 Å². The Balaban J connectivity index is 0.000000283. The van der Waals surface area contributed by atoms with Gasteiger partial charge in [0.1, 0.15) is 4.90 Å². The van der Waals surface area contributed by atoms with Gasteiger partial charge >= 0.3 is 0 Å². The third-order valence-electron chi connectivity index (χ3n) is 3.43. The molecule has 2 rings (SSSR count). The summed E-state index contributed by atoms with van der Waals surface area (Å²) in [6, 6.07) is 13.5. The Labute approximate surface area is 164 Å². The number of hydrogen-bond donors (Lipinski definition) is 2. The molecule has 9 nitrogen and oxygen atoms in total. The van der Waals surface area contributed by atoms with Gasteiger partial charge in [0.05, 0.1) is 39.2 Å². The van der Waals surface area contributed by atoms with E-state index in [1.807, 2.05) is 30.3 Å². The number of carbonyl (C=O) groups is 1. The molecule has 28 heavy (non-hydrogen) atoms. The Kier molecular flexibility index (Phi) is 8.23. The van der Waals surface area contributed by atoms with Crippen LogP contribution in [0.15, 0.2) is 59.5 Å². The average Bonchev–Trinajstić information content (AvgIpc) is 2.61. The highest BCUT2D eigenvalue weighted by molar-refractivity contribution is 7.85. The normalized spacial score (nSPS) is 11.1. The summed E-state index contributed by atoms with van der Waals surface area (Å²) >= 11 is 0. The fraction of sp³-hybridized carbons (Fsp3) is 0.278. The van der Waals surface area contributed by atoms with E-state index in [0.29, 0.717) is 6.54 Å². The van der Waals surface area contributed by atoms with Crippen molar-refractivity contribution in [3.8, 4) is 0 Å². The molecule has 0 aliphatic rings. The Morgan fingerprint density at radius 3 is 2.21 bits per heavy atom. The SMILES string of the molecule is C[N+](C)(C)CCNC(=O)c1ccccc1.O=[N+]([O-])c1cccc(S(=O)(=O)O)c1. The quantitative estimate of drug-likeness (QED) is 0.324. The van der Waals surface area contributed by atoms with Gasteiger partial charge < -0.3 is 9.80 Å². The molecule has 0 heterocycles. The van der Waals surface area contributed by atoms with E-state index < -0.39 is 19.9 Å². The molecule has 0 saturated heterocycles. The average molecular weight is 410 g/mol. The van der Waals surface area contributed by atoms with Crippen molar-refractivity contribution in [2.45, 2.75) is 4.90 Å². The number of benzene rings is 2. The van der Waals surface area contributed by atoms with Gasteiger partial charge in [-0.1, -0.05) is 24.3 Å². The Hall–Kier alpha value is -2.82. The van der Waals surface area contributed by atoms with Gasteiger partial charge in [-0.3, -0.25) is 19.5 Å². The summed E-state index contributed by atoms with van der Waals surface area (Å²) in [7, 11) is 1.95. The lowest BCUT2D eigenvalue weighted by Gasteiger charge is -2.23.